The van der Waals surface area contributed by atoms with Crippen molar-refractivity contribution in [3.8, 4) is 0 Å². The molecule has 2 heterocycles. The summed E-state index contributed by atoms with van der Waals surface area (Å²) in [6.07, 6.45) is 3.49. The lowest BCUT2D eigenvalue weighted by molar-refractivity contribution is 0.912. The Morgan fingerprint density at radius 3 is 3.17 bits per heavy atom. The molecule has 0 saturated heterocycles. The summed E-state index contributed by atoms with van der Waals surface area (Å²) >= 11 is 7.33. The highest BCUT2D eigenvalue weighted by molar-refractivity contribution is 7.98. The van der Waals surface area contributed by atoms with Crippen LogP contribution in [0.2, 0.25) is 5.15 Å². The first-order valence-electron chi connectivity index (χ1n) is 3.22. The molecule has 0 N–H and O–H groups in total. The molecule has 0 atom stereocenters. The van der Waals surface area contributed by atoms with Crippen LogP contribution in [0.25, 0.3) is 5.65 Å². The third-order valence-electron chi connectivity index (χ3n) is 1.42. The molecule has 12 heavy (non-hydrogen) atoms. The molecule has 2 aromatic heterocycles. The number of nitrogens with zero attached hydrogens (tertiary/aromatic N) is 4. The molecule has 0 spiro atoms. The topological polar surface area (TPSA) is 43.1 Å². The zero-order chi connectivity index (χ0) is 8.55. The summed E-state index contributed by atoms with van der Waals surface area (Å²) in [5.41, 5.74) is 0.743. The van der Waals surface area contributed by atoms with Crippen LogP contribution in [-0.4, -0.2) is 26.1 Å². The summed E-state index contributed by atoms with van der Waals surface area (Å²) in [6, 6.07) is 1.77. The molecule has 0 aliphatic heterocycles. The summed E-state index contributed by atoms with van der Waals surface area (Å²) in [6.45, 7) is 0. The molecule has 0 bridgehead atoms. The first-order chi connectivity index (χ1) is 5.81. The number of thioether (sulfide) groups is 1. The summed E-state index contributed by atoms with van der Waals surface area (Å²) in [5.74, 6) is 0. The van der Waals surface area contributed by atoms with Crippen LogP contribution >= 0.6 is 23.4 Å². The molecule has 0 aliphatic carbocycles. The molecule has 0 radical (unpaired) electrons. The average Bonchev–Trinajstić information content (AvgIpc) is 2.50. The number of aromatic nitrogens is 4. The third kappa shape index (κ3) is 1.15. The summed E-state index contributed by atoms with van der Waals surface area (Å²) in [5, 5.41) is 12.1. The maximum Gasteiger partial charge on any atom is 0.191 e. The van der Waals surface area contributed by atoms with Crippen molar-refractivity contribution >= 4 is 29.0 Å². The number of hydrogen-bond donors (Lipinski definition) is 0. The highest BCUT2D eigenvalue weighted by Gasteiger charge is 2.04. The highest BCUT2D eigenvalue weighted by atomic mass is 35.5. The van der Waals surface area contributed by atoms with E-state index >= 15 is 0 Å². The van der Waals surface area contributed by atoms with Crippen molar-refractivity contribution in [2.75, 3.05) is 6.26 Å². The molecule has 0 unspecified atom stereocenters. The number of halogens is 1. The molecule has 62 valence electrons. The molecule has 4 nitrogen and oxygen atoms in total. The van der Waals surface area contributed by atoms with Gasteiger partial charge < -0.3 is 0 Å². The van der Waals surface area contributed by atoms with Crippen LogP contribution in [0.5, 0.6) is 0 Å². The van der Waals surface area contributed by atoms with Gasteiger partial charge in [0.05, 0.1) is 4.90 Å². The largest absolute Gasteiger partial charge is 0.198 e. The Hall–Kier alpha value is -0.810. The lowest BCUT2D eigenvalue weighted by Gasteiger charge is -1.97. The maximum atomic E-state index is 5.76. The van der Waals surface area contributed by atoms with Gasteiger partial charge in [0.15, 0.2) is 10.8 Å². The zero-order valence-electron chi connectivity index (χ0n) is 6.23. The minimum atomic E-state index is 0.451. The Morgan fingerprint density at radius 1 is 1.58 bits per heavy atom. The van der Waals surface area contributed by atoms with Crippen LogP contribution in [0.1, 0.15) is 0 Å². The standard InChI is InChI=1S/C6H5ClN4S/c1-12-4-2-5(7)10-11-3-8-9-6(4)11/h2-3H,1H3. The van der Waals surface area contributed by atoms with Crippen LogP contribution in [-0.2, 0) is 0 Å². The fourth-order valence-electron chi connectivity index (χ4n) is 0.920. The highest BCUT2D eigenvalue weighted by Crippen LogP contribution is 2.21. The predicted octanol–water partition coefficient (Wildman–Crippen LogP) is 1.50. The van der Waals surface area contributed by atoms with Crippen LogP contribution in [0.15, 0.2) is 17.3 Å². The van der Waals surface area contributed by atoms with Crippen LogP contribution < -0.4 is 0 Å². The van der Waals surface area contributed by atoms with E-state index in [-0.39, 0.29) is 0 Å². The monoisotopic (exact) mass is 200 g/mol. The van der Waals surface area contributed by atoms with E-state index in [1.54, 1.807) is 22.3 Å². The molecule has 0 saturated carbocycles. The quantitative estimate of drug-likeness (QED) is 0.655. The number of hydrogen-bond acceptors (Lipinski definition) is 4. The number of rotatable bonds is 1. The number of fused-ring (bicyclic) bond motifs is 1. The predicted molar refractivity (Wildman–Crippen MR) is 47.6 cm³/mol. The van der Waals surface area contributed by atoms with E-state index in [2.05, 4.69) is 15.3 Å². The lowest BCUT2D eigenvalue weighted by atomic mass is 10.5. The SMILES string of the molecule is CSc1cc(Cl)nn2cnnc12. The van der Waals surface area contributed by atoms with Crippen molar-refractivity contribution in [1.82, 2.24) is 19.8 Å². The van der Waals surface area contributed by atoms with E-state index in [4.69, 9.17) is 11.6 Å². The summed E-state index contributed by atoms with van der Waals surface area (Å²) < 4.78 is 1.56. The van der Waals surface area contributed by atoms with E-state index in [1.165, 1.54) is 6.33 Å². The van der Waals surface area contributed by atoms with Gasteiger partial charge in [0.1, 0.15) is 6.33 Å². The molecule has 6 heteroatoms. The van der Waals surface area contributed by atoms with Gasteiger partial charge in [0.25, 0.3) is 0 Å². The van der Waals surface area contributed by atoms with Crippen molar-refractivity contribution < 1.29 is 0 Å². The molecular weight excluding hydrogens is 196 g/mol. The normalized spacial score (nSPS) is 10.8. The molecule has 0 aromatic carbocycles. The van der Waals surface area contributed by atoms with Crippen molar-refractivity contribution in [2.24, 2.45) is 0 Å². The maximum absolute atomic E-state index is 5.76. The van der Waals surface area contributed by atoms with Gasteiger partial charge in [-0.3, -0.25) is 0 Å². The van der Waals surface area contributed by atoms with Gasteiger partial charge in [-0.25, -0.2) is 0 Å². The van der Waals surface area contributed by atoms with Crippen molar-refractivity contribution in [2.45, 2.75) is 4.90 Å². The van der Waals surface area contributed by atoms with Gasteiger partial charge in [-0.2, -0.15) is 9.61 Å². The summed E-state index contributed by atoms with van der Waals surface area (Å²) in [4.78, 5) is 0.979. The van der Waals surface area contributed by atoms with Crippen LogP contribution in [0, 0.1) is 0 Å². The second kappa shape index (κ2) is 2.91. The van der Waals surface area contributed by atoms with Gasteiger partial charge in [-0.1, -0.05) is 11.6 Å². The average molecular weight is 201 g/mol. The molecule has 2 rings (SSSR count). The Labute approximate surface area is 77.9 Å². The second-order valence-corrected chi connectivity index (χ2v) is 3.37. The van der Waals surface area contributed by atoms with Crippen LogP contribution in [0.4, 0.5) is 0 Å². The van der Waals surface area contributed by atoms with E-state index in [0.717, 1.165) is 10.5 Å². The Morgan fingerprint density at radius 2 is 2.42 bits per heavy atom. The minimum absolute atomic E-state index is 0.451. The minimum Gasteiger partial charge on any atom is -0.198 e. The fraction of sp³-hybridized carbons (Fsp3) is 0.167. The van der Waals surface area contributed by atoms with E-state index in [0.29, 0.717) is 5.15 Å². The van der Waals surface area contributed by atoms with Crippen molar-refractivity contribution in [3.63, 3.8) is 0 Å². The zero-order valence-corrected chi connectivity index (χ0v) is 7.80. The fourth-order valence-corrected chi connectivity index (χ4v) is 1.72. The lowest BCUT2D eigenvalue weighted by Crippen LogP contribution is -1.91. The van der Waals surface area contributed by atoms with Gasteiger partial charge >= 0.3 is 0 Å². The van der Waals surface area contributed by atoms with Gasteiger partial charge in [0.2, 0.25) is 0 Å². The van der Waals surface area contributed by atoms with E-state index < -0.39 is 0 Å². The molecule has 0 amide bonds. The third-order valence-corrected chi connectivity index (χ3v) is 2.35. The summed E-state index contributed by atoms with van der Waals surface area (Å²) in [7, 11) is 0. The van der Waals surface area contributed by atoms with E-state index in [1.807, 2.05) is 6.26 Å². The van der Waals surface area contributed by atoms with Gasteiger partial charge in [-0.05, 0) is 12.3 Å². The van der Waals surface area contributed by atoms with Crippen molar-refractivity contribution in [1.29, 1.82) is 0 Å². The Balaban J connectivity index is 2.80. The Kier molecular flexibility index (Phi) is 1.90. The molecular formula is C6H5ClN4S. The molecule has 0 aliphatic rings. The molecule has 0 fully saturated rings. The van der Waals surface area contributed by atoms with Gasteiger partial charge in [0, 0.05) is 0 Å². The van der Waals surface area contributed by atoms with Crippen molar-refractivity contribution in [3.05, 3.63) is 17.5 Å². The van der Waals surface area contributed by atoms with Crippen LogP contribution in [0.3, 0.4) is 0 Å². The van der Waals surface area contributed by atoms with E-state index in [9.17, 15) is 0 Å². The second-order valence-electron chi connectivity index (χ2n) is 2.13. The first-order valence-corrected chi connectivity index (χ1v) is 4.82. The Bertz CT molecular complexity index is 413. The smallest absolute Gasteiger partial charge is 0.191 e. The molecule has 2 aromatic rings. The van der Waals surface area contributed by atoms with Gasteiger partial charge in [-0.15, -0.1) is 22.0 Å². The first kappa shape index (κ1) is 7.82.